The quantitative estimate of drug-likeness (QED) is 0.407. The number of hydrogen-bond acceptors (Lipinski definition) is 2. The first-order valence-corrected chi connectivity index (χ1v) is 10.7. The van der Waals surface area contributed by atoms with E-state index in [4.69, 9.17) is 0 Å². The Morgan fingerprint density at radius 1 is 0.968 bits per heavy atom. The zero-order chi connectivity index (χ0) is 23.2. The zero-order valence-corrected chi connectivity index (χ0v) is 18.6. The van der Waals surface area contributed by atoms with Crippen molar-refractivity contribution in [2.24, 2.45) is 11.8 Å². The van der Waals surface area contributed by atoms with Gasteiger partial charge < -0.3 is 10.4 Å². The summed E-state index contributed by atoms with van der Waals surface area (Å²) in [5.41, 5.74) is 2.26. The number of carboxylic acid groups (broad SMARTS) is 1. The highest BCUT2D eigenvalue weighted by atomic mass is 19.4. The van der Waals surface area contributed by atoms with Crippen molar-refractivity contribution in [2.75, 3.05) is 6.54 Å². The van der Waals surface area contributed by atoms with Crippen LogP contribution in [0.4, 0.5) is 13.2 Å². The highest BCUT2D eigenvalue weighted by molar-refractivity contribution is 5.77. The Labute approximate surface area is 182 Å². The summed E-state index contributed by atoms with van der Waals surface area (Å²) in [6.07, 6.45) is -2.87. The molecule has 2 N–H and O–H groups in total. The SMILES string of the molecule is CC(C)CCNCc1cc(-c2ccc(C(F)(F)F)cc2)cc(C(CC(C)C)C(=O)O)c1. The molecule has 0 aliphatic rings. The third-order valence-corrected chi connectivity index (χ3v) is 5.20. The molecule has 6 heteroatoms. The van der Waals surface area contributed by atoms with Gasteiger partial charge in [-0.25, -0.2) is 0 Å². The lowest BCUT2D eigenvalue weighted by molar-refractivity contribution is -0.139. The summed E-state index contributed by atoms with van der Waals surface area (Å²) in [5, 5.41) is 13.2. The topological polar surface area (TPSA) is 49.3 Å². The van der Waals surface area contributed by atoms with E-state index in [1.165, 1.54) is 12.1 Å². The van der Waals surface area contributed by atoms with Crippen LogP contribution >= 0.6 is 0 Å². The maximum absolute atomic E-state index is 12.9. The minimum Gasteiger partial charge on any atom is -0.481 e. The Hall–Kier alpha value is -2.34. The Kier molecular flexibility index (Phi) is 8.69. The molecule has 2 aromatic rings. The monoisotopic (exact) mass is 435 g/mol. The predicted octanol–water partition coefficient (Wildman–Crippen LogP) is 6.72. The summed E-state index contributed by atoms with van der Waals surface area (Å²) in [6, 6.07) is 10.6. The highest BCUT2D eigenvalue weighted by Crippen LogP contribution is 2.33. The van der Waals surface area contributed by atoms with Crippen molar-refractivity contribution in [1.29, 1.82) is 0 Å². The van der Waals surface area contributed by atoms with E-state index in [9.17, 15) is 23.1 Å². The molecule has 0 aliphatic heterocycles. The van der Waals surface area contributed by atoms with Crippen LogP contribution in [0.1, 0.15) is 63.1 Å². The first-order valence-electron chi connectivity index (χ1n) is 10.7. The largest absolute Gasteiger partial charge is 0.481 e. The minimum atomic E-state index is -4.39. The maximum atomic E-state index is 12.9. The van der Waals surface area contributed by atoms with Crippen molar-refractivity contribution < 1.29 is 23.1 Å². The molecule has 170 valence electrons. The van der Waals surface area contributed by atoms with E-state index in [2.05, 4.69) is 19.2 Å². The Morgan fingerprint density at radius 2 is 1.61 bits per heavy atom. The molecule has 0 saturated heterocycles. The second-order valence-corrected chi connectivity index (χ2v) is 8.92. The zero-order valence-electron chi connectivity index (χ0n) is 18.6. The summed E-state index contributed by atoms with van der Waals surface area (Å²) in [4.78, 5) is 11.9. The molecule has 0 aliphatic carbocycles. The molecule has 0 amide bonds. The lowest BCUT2D eigenvalue weighted by atomic mass is 9.87. The number of carboxylic acids is 1. The van der Waals surface area contributed by atoms with Crippen LogP contribution in [0.3, 0.4) is 0 Å². The third kappa shape index (κ3) is 7.69. The van der Waals surface area contributed by atoms with Crippen LogP contribution in [-0.4, -0.2) is 17.6 Å². The van der Waals surface area contributed by atoms with Crippen LogP contribution in [0, 0.1) is 11.8 Å². The first kappa shape index (κ1) is 24.9. The second-order valence-electron chi connectivity index (χ2n) is 8.92. The molecule has 0 aromatic heterocycles. The van der Waals surface area contributed by atoms with Crippen molar-refractivity contribution in [1.82, 2.24) is 5.32 Å². The number of rotatable bonds is 10. The molecule has 0 fully saturated rings. The number of hydrogen-bond donors (Lipinski definition) is 2. The number of aliphatic carboxylic acids is 1. The summed E-state index contributed by atoms with van der Waals surface area (Å²) in [7, 11) is 0. The van der Waals surface area contributed by atoms with E-state index in [0.29, 0.717) is 30.0 Å². The van der Waals surface area contributed by atoms with Crippen molar-refractivity contribution >= 4 is 5.97 Å². The molecule has 0 spiro atoms. The van der Waals surface area contributed by atoms with Gasteiger partial charge in [-0.05, 0) is 71.7 Å². The Bertz CT molecular complexity index is 858. The van der Waals surface area contributed by atoms with E-state index in [1.807, 2.05) is 26.0 Å². The number of halogens is 3. The minimum absolute atomic E-state index is 0.198. The molecule has 0 bridgehead atoms. The lowest BCUT2D eigenvalue weighted by Crippen LogP contribution is -2.18. The van der Waals surface area contributed by atoms with Crippen LogP contribution < -0.4 is 5.32 Å². The van der Waals surface area contributed by atoms with Gasteiger partial charge in [-0.3, -0.25) is 4.79 Å². The summed E-state index contributed by atoms with van der Waals surface area (Å²) in [6.45, 7) is 9.66. The van der Waals surface area contributed by atoms with Gasteiger partial charge in [0.05, 0.1) is 11.5 Å². The van der Waals surface area contributed by atoms with Gasteiger partial charge in [0, 0.05) is 6.54 Å². The van der Waals surface area contributed by atoms with Crippen molar-refractivity contribution in [3.63, 3.8) is 0 Å². The summed E-state index contributed by atoms with van der Waals surface area (Å²) in [5.74, 6) is -0.784. The fraction of sp³-hybridized carbons (Fsp3) is 0.480. The fourth-order valence-electron chi connectivity index (χ4n) is 3.51. The molecular formula is C25H32F3NO2. The van der Waals surface area contributed by atoms with Crippen LogP contribution in [0.5, 0.6) is 0 Å². The molecule has 0 saturated carbocycles. The number of alkyl halides is 3. The molecule has 31 heavy (non-hydrogen) atoms. The van der Waals surface area contributed by atoms with E-state index >= 15 is 0 Å². The molecule has 2 rings (SSSR count). The number of carbonyl (C=O) groups is 1. The molecule has 0 radical (unpaired) electrons. The van der Waals surface area contributed by atoms with Gasteiger partial charge >= 0.3 is 12.1 Å². The molecule has 1 atom stereocenters. The van der Waals surface area contributed by atoms with E-state index in [0.717, 1.165) is 36.2 Å². The van der Waals surface area contributed by atoms with Crippen molar-refractivity contribution in [3.8, 4) is 11.1 Å². The fourth-order valence-corrected chi connectivity index (χ4v) is 3.51. The van der Waals surface area contributed by atoms with Crippen LogP contribution in [0.2, 0.25) is 0 Å². The molecular weight excluding hydrogens is 403 g/mol. The summed E-state index contributed by atoms with van der Waals surface area (Å²) < 4.78 is 38.8. The van der Waals surface area contributed by atoms with Crippen molar-refractivity contribution in [3.05, 3.63) is 59.2 Å². The van der Waals surface area contributed by atoms with Gasteiger partial charge in [-0.15, -0.1) is 0 Å². The highest BCUT2D eigenvalue weighted by Gasteiger charge is 2.30. The van der Waals surface area contributed by atoms with Crippen molar-refractivity contribution in [2.45, 2.75) is 59.2 Å². The third-order valence-electron chi connectivity index (χ3n) is 5.20. The van der Waals surface area contributed by atoms with Crippen LogP contribution in [0.25, 0.3) is 11.1 Å². The Morgan fingerprint density at radius 3 is 2.13 bits per heavy atom. The molecule has 0 heterocycles. The molecule has 1 unspecified atom stereocenters. The van der Waals surface area contributed by atoms with E-state index in [1.54, 1.807) is 6.07 Å². The predicted molar refractivity (Wildman–Crippen MR) is 118 cm³/mol. The van der Waals surface area contributed by atoms with E-state index < -0.39 is 23.6 Å². The smallest absolute Gasteiger partial charge is 0.416 e. The number of benzene rings is 2. The molecule has 3 nitrogen and oxygen atoms in total. The normalized spacial score (nSPS) is 13.1. The average molecular weight is 436 g/mol. The average Bonchev–Trinajstić information content (AvgIpc) is 2.68. The second kappa shape index (κ2) is 10.8. The van der Waals surface area contributed by atoms with Crippen LogP contribution in [0.15, 0.2) is 42.5 Å². The van der Waals surface area contributed by atoms with Gasteiger partial charge in [-0.2, -0.15) is 13.2 Å². The van der Waals surface area contributed by atoms with Gasteiger partial charge in [0.2, 0.25) is 0 Å². The van der Waals surface area contributed by atoms with E-state index in [-0.39, 0.29) is 5.92 Å². The first-order chi connectivity index (χ1) is 14.5. The Balaban J connectivity index is 2.41. The van der Waals surface area contributed by atoms with Gasteiger partial charge in [-0.1, -0.05) is 52.0 Å². The standard InChI is InChI=1S/C25H32F3NO2/c1-16(2)9-10-29-15-18-12-20(19-5-7-22(8-6-19)25(26,27)28)14-21(13-18)23(24(30)31)11-17(3)4/h5-8,12-14,16-17,23,29H,9-11,15H2,1-4H3,(H,30,31). The van der Waals surface area contributed by atoms with Gasteiger partial charge in [0.25, 0.3) is 0 Å². The van der Waals surface area contributed by atoms with Crippen LogP contribution in [-0.2, 0) is 17.5 Å². The summed E-state index contributed by atoms with van der Waals surface area (Å²) >= 11 is 0. The van der Waals surface area contributed by atoms with Gasteiger partial charge in [0.15, 0.2) is 0 Å². The number of nitrogens with one attached hydrogen (secondary N) is 1. The maximum Gasteiger partial charge on any atom is 0.416 e. The molecule has 2 aromatic carbocycles. The lowest BCUT2D eigenvalue weighted by Gasteiger charge is -2.18. The van der Waals surface area contributed by atoms with Gasteiger partial charge in [0.1, 0.15) is 0 Å².